The fraction of sp³-hybridized carbons (Fsp3) is 0.200. The average Bonchev–Trinajstić information content (AvgIpc) is 2.53. The van der Waals surface area contributed by atoms with Gasteiger partial charge in [-0.05, 0) is 12.1 Å². The molecule has 0 atom stereocenters. The van der Waals surface area contributed by atoms with Gasteiger partial charge in [-0.25, -0.2) is 0 Å². The predicted molar refractivity (Wildman–Crippen MR) is 58.4 cm³/mol. The number of nitrogens with zero attached hydrogens (tertiary/aromatic N) is 1. The maximum Gasteiger partial charge on any atom is 0.294 e. The Labute approximate surface area is 96.6 Å². The second-order valence-electron chi connectivity index (χ2n) is 3.20. The maximum atomic E-state index is 11.4. The molecule has 0 aromatic heterocycles. The van der Waals surface area contributed by atoms with Crippen LogP contribution in [0, 0.1) is 0 Å². The summed E-state index contributed by atoms with van der Waals surface area (Å²) < 4.78 is 0. The van der Waals surface area contributed by atoms with Crippen molar-refractivity contribution in [1.29, 1.82) is 0 Å². The molecule has 1 fully saturated rings. The Morgan fingerprint density at radius 1 is 1.20 bits per heavy atom. The SMILES string of the molecule is O=C1CCN(c2cccc(Cl)c2Cl)C1=O. The number of hydrogen-bond donors (Lipinski definition) is 0. The molecule has 0 aliphatic carbocycles. The van der Waals surface area contributed by atoms with Gasteiger partial charge in [0.05, 0.1) is 15.7 Å². The first-order valence-corrected chi connectivity index (χ1v) is 5.15. The molecule has 1 aromatic rings. The van der Waals surface area contributed by atoms with Crippen LogP contribution in [0.15, 0.2) is 18.2 Å². The van der Waals surface area contributed by atoms with Crippen molar-refractivity contribution in [3.8, 4) is 0 Å². The smallest absolute Gasteiger partial charge is 0.294 e. The van der Waals surface area contributed by atoms with Crippen LogP contribution in [-0.4, -0.2) is 18.2 Å². The third-order valence-electron chi connectivity index (χ3n) is 2.27. The van der Waals surface area contributed by atoms with Crippen LogP contribution in [0.4, 0.5) is 5.69 Å². The van der Waals surface area contributed by atoms with Crippen molar-refractivity contribution in [3.63, 3.8) is 0 Å². The van der Waals surface area contributed by atoms with Crippen LogP contribution in [0.3, 0.4) is 0 Å². The van der Waals surface area contributed by atoms with Crippen molar-refractivity contribution in [2.45, 2.75) is 6.42 Å². The van der Waals surface area contributed by atoms with Crippen molar-refractivity contribution >= 4 is 40.6 Å². The number of halogens is 2. The molecule has 15 heavy (non-hydrogen) atoms. The van der Waals surface area contributed by atoms with Crippen molar-refractivity contribution in [1.82, 2.24) is 0 Å². The summed E-state index contributed by atoms with van der Waals surface area (Å²) >= 11 is 11.8. The molecule has 78 valence electrons. The zero-order valence-corrected chi connectivity index (χ0v) is 9.18. The summed E-state index contributed by atoms with van der Waals surface area (Å²) in [6, 6.07) is 5.00. The molecule has 0 spiro atoms. The summed E-state index contributed by atoms with van der Waals surface area (Å²) in [4.78, 5) is 23.9. The van der Waals surface area contributed by atoms with E-state index in [0.29, 0.717) is 22.3 Å². The van der Waals surface area contributed by atoms with Crippen LogP contribution < -0.4 is 4.90 Å². The maximum absolute atomic E-state index is 11.4. The minimum absolute atomic E-state index is 0.238. The average molecular weight is 244 g/mol. The van der Waals surface area contributed by atoms with Gasteiger partial charge in [0.2, 0.25) is 5.78 Å². The second-order valence-corrected chi connectivity index (χ2v) is 3.99. The van der Waals surface area contributed by atoms with E-state index in [-0.39, 0.29) is 12.2 Å². The molecule has 1 aromatic carbocycles. The number of ketones is 1. The second kappa shape index (κ2) is 3.83. The largest absolute Gasteiger partial charge is 0.304 e. The topological polar surface area (TPSA) is 37.4 Å². The molecule has 1 aliphatic heterocycles. The highest BCUT2D eigenvalue weighted by molar-refractivity contribution is 6.47. The molecule has 1 aliphatic rings. The van der Waals surface area contributed by atoms with E-state index in [2.05, 4.69) is 0 Å². The first-order chi connectivity index (χ1) is 7.11. The molecular weight excluding hydrogens is 237 g/mol. The van der Waals surface area contributed by atoms with E-state index in [4.69, 9.17) is 23.2 Å². The fourth-order valence-corrected chi connectivity index (χ4v) is 1.90. The van der Waals surface area contributed by atoms with Crippen molar-refractivity contribution < 1.29 is 9.59 Å². The van der Waals surface area contributed by atoms with E-state index < -0.39 is 5.91 Å². The minimum Gasteiger partial charge on any atom is -0.304 e. The quantitative estimate of drug-likeness (QED) is 0.711. The van der Waals surface area contributed by atoms with Gasteiger partial charge < -0.3 is 4.90 Å². The molecule has 1 heterocycles. The molecule has 0 bridgehead atoms. The number of hydrogen-bond acceptors (Lipinski definition) is 2. The molecule has 2 rings (SSSR count). The lowest BCUT2D eigenvalue weighted by molar-refractivity contribution is -0.133. The van der Waals surface area contributed by atoms with Gasteiger partial charge in [0.15, 0.2) is 0 Å². The molecule has 0 saturated carbocycles. The summed E-state index contributed by atoms with van der Waals surface area (Å²) in [6.07, 6.45) is 0.238. The van der Waals surface area contributed by atoms with E-state index >= 15 is 0 Å². The number of carbonyl (C=O) groups is 2. The van der Waals surface area contributed by atoms with Gasteiger partial charge in [0.1, 0.15) is 0 Å². The Kier molecular flexibility index (Phi) is 2.67. The van der Waals surface area contributed by atoms with Gasteiger partial charge in [0.25, 0.3) is 5.91 Å². The van der Waals surface area contributed by atoms with E-state index in [1.807, 2.05) is 0 Å². The third-order valence-corrected chi connectivity index (χ3v) is 3.08. The number of anilines is 1. The summed E-state index contributed by atoms with van der Waals surface area (Å²) in [5.41, 5.74) is 0.500. The standard InChI is InChI=1S/C10H7Cl2NO2/c11-6-2-1-3-7(9(6)12)13-5-4-8(14)10(13)15/h1-3H,4-5H2. The monoisotopic (exact) mass is 243 g/mol. The molecule has 5 heteroatoms. The Balaban J connectivity index is 2.43. The van der Waals surface area contributed by atoms with E-state index in [9.17, 15) is 9.59 Å². The number of carbonyl (C=O) groups excluding carboxylic acids is 2. The molecule has 3 nitrogen and oxygen atoms in total. The van der Waals surface area contributed by atoms with Gasteiger partial charge in [0, 0.05) is 13.0 Å². The third kappa shape index (κ3) is 1.73. The van der Waals surface area contributed by atoms with Crippen molar-refractivity contribution in [3.05, 3.63) is 28.2 Å². The number of benzene rings is 1. The number of Topliss-reactive ketones (excluding diaryl/α,β-unsaturated/α-hetero) is 1. The highest BCUT2D eigenvalue weighted by atomic mass is 35.5. The zero-order chi connectivity index (χ0) is 11.0. The van der Waals surface area contributed by atoms with Crippen LogP contribution in [0.2, 0.25) is 10.0 Å². The minimum atomic E-state index is -0.515. The van der Waals surface area contributed by atoms with Crippen LogP contribution in [0.5, 0.6) is 0 Å². The van der Waals surface area contributed by atoms with Crippen LogP contribution >= 0.6 is 23.2 Å². The Morgan fingerprint density at radius 3 is 2.53 bits per heavy atom. The lowest BCUT2D eigenvalue weighted by Gasteiger charge is -2.16. The van der Waals surface area contributed by atoms with Crippen LogP contribution in [0.1, 0.15) is 6.42 Å². The lowest BCUT2D eigenvalue weighted by Crippen LogP contribution is -2.27. The Bertz CT molecular complexity index is 445. The summed E-state index contributed by atoms with van der Waals surface area (Å²) in [7, 11) is 0. The van der Waals surface area contributed by atoms with Crippen LogP contribution in [0.25, 0.3) is 0 Å². The fourth-order valence-electron chi connectivity index (χ4n) is 1.50. The van der Waals surface area contributed by atoms with E-state index in [1.54, 1.807) is 18.2 Å². The normalized spacial score (nSPS) is 16.3. The van der Waals surface area contributed by atoms with E-state index in [1.165, 1.54) is 4.90 Å². The van der Waals surface area contributed by atoms with Crippen molar-refractivity contribution in [2.24, 2.45) is 0 Å². The molecular formula is C10H7Cl2NO2. The first kappa shape index (κ1) is 10.5. The molecule has 1 saturated heterocycles. The summed E-state index contributed by atoms with van der Waals surface area (Å²) in [5.74, 6) is -0.898. The number of amides is 1. The van der Waals surface area contributed by atoms with Crippen molar-refractivity contribution in [2.75, 3.05) is 11.4 Å². The Hall–Kier alpha value is -1.06. The highest BCUT2D eigenvalue weighted by Gasteiger charge is 2.31. The van der Waals surface area contributed by atoms with Crippen LogP contribution in [-0.2, 0) is 9.59 Å². The first-order valence-electron chi connectivity index (χ1n) is 4.40. The molecule has 0 radical (unpaired) electrons. The van der Waals surface area contributed by atoms with Gasteiger partial charge in [-0.3, -0.25) is 9.59 Å². The molecule has 0 N–H and O–H groups in total. The predicted octanol–water partition coefficient (Wildman–Crippen LogP) is 2.30. The Morgan fingerprint density at radius 2 is 1.93 bits per heavy atom. The van der Waals surface area contributed by atoms with Gasteiger partial charge in [-0.1, -0.05) is 29.3 Å². The van der Waals surface area contributed by atoms with Gasteiger partial charge in [-0.2, -0.15) is 0 Å². The summed E-state index contributed by atoms with van der Waals surface area (Å²) in [6.45, 7) is 0.373. The highest BCUT2D eigenvalue weighted by Crippen LogP contribution is 2.33. The van der Waals surface area contributed by atoms with Gasteiger partial charge in [-0.15, -0.1) is 0 Å². The summed E-state index contributed by atoms with van der Waals surface area (Å²) in [5, 5.41) is 0.684. The molecule has 1 amide bonds. The van der Waals surface area contributed by atoms with E-state index in [0.717, 1.165) is 0 Å². The molecule has 0 unspecified atom stereocenters. The lowest BCUT2D eigenvalue weighted by atomic mass is 10.3. The zero-order valence-electron chi connectivity index (χ0n) is 7.67. The number of rotatable bonds is 1. The van der Waals surface area contributed by atoms with Gasteiger partial charge >= 0.3 is 0 Å².